The molecule has 20 heavy (non-hydrogen) atoms. The number of carbonyl (C=O) groups is 1. The molecular formula is C14H23BrF3NO. The van der Waals surface area contributed by atoms with Gasteiger partial charge in [0, 0.05) is 16.8 Å². The van der Waals surface area contributed by atoms with Crippen molar-refractivity contribution in [1.29, 1.82) is 0 Å². The third-order valence-corrected chi connectivity index (χ3v) is 5.58. The molecule has 1 amide bonds. The average Bonchev–Trinajstić information content (AvgIpc) is 2.44. The molecule has 1 rings (SSSR count). The summed E-state index contributed by atoms with van der Waals surface area (Å²) in [5.74, 6) is -2.05. The maximum absolute atomic E-state index is 12.8. The molecule has 1 N–H and O–H groups in total. The Morgan fingerprint density at radius 3 is 2.30 bits per heavy atom. The van der Waals surface area contributed by atoms with Crippen molar-refractivity contribution in [1.82, 2.24) is 5.32 Å². The van der Waals surface area contributed by atoms with E-state index in [2.05, 4.69) is 21.2 Å². The molecule has 0 heterocycles. The third kappa shape index (κ3) is 4.37. The second kappa shape index (κ2) is 7.14. The van der Waals surface area contributed by atoms with Crippen molar-refractivity contribution in [3.05, 3.63) is 0 Å². The van der Waals surface area contributed by atoms with Gasteiger partial charge in [0.15, 0.2) is 0 Å². The van der Waals surface area contributed by atoms with E-state index < -0.39 is 18.0 Å². The lowest BCUT2D eigenvalue weighted by atomic mass is 9.80. The van der Waals surface area contributed by atoms with Crippen molar-refractivity contribution < 1.29 is 18.0 Å². The van der Waals surface area contributed by atoms with E-state index in [-0.39, 0.29) is 24.3 Å². The molecule has 0 aromatic rings. The molecule has 2 nitrogen and oxygen atoms in total. The zero-order valence-electron chi connectivity index (χ0n) is 12.0. The molecule has 2 atom stereocenters. The Balaban J connectivity index is 2.68. The van der Waals surface area contributed by atoms with Gasteiger partial charge in [0.25, 0.3) is 0 Å². The van der Waals surface area contributed by atoms with Crippen LogP contribution >= 0.6 is 15.9 Å². The minimum Gasteiger partial charge on any atom is -0.350 e. The molecule has 0 aliphatic heterocycles. The van der Waals surface area contributed by atoms with E-state index in [1.165, 1.54) is 0 Å². The van der Waals surface area contributed by atoms with E-state index in [4.69, 9.17) is 0 Å². The maximum Gasteiger partial charge on any atom is 0.391 e. The van der Waals surface area contributed by atoms with Gasteiger partial charge in [0.05, 0.1) is 5.92 Å². The number of hydrogen-bond acceptors (Lipinski definition) is 1. The number of halogens is 4. The predicted molar refractivity (Wildman–Crippen MR) is 76.8 cm³/mol. The molecule has 1 fully saturated rings. The van der Waals surface area contributed by atoms with Crippen molar-refractivity contribution in [2.24, 2.45) is 11.8 Å². The highest BCUT2D eigenvalue weighted by atomic mass is 79.9. The molecule has 0 aromatic heterocycles. The van der Waals surface area contributed by atoms with Crippen LogP contribution in [-0.2, 0) is 4.79 Å². The van der Waals surface area contributed by atoms with Gasteiger partial charge in [-0.1, -0.05) is 36.2 Å². The quantitative estimate of drug-likeness (QED) is 0.724. The number of alkyl halides is 4. The van der Waals surface area contributed by atoms with E-state index >= 15 is 0 Å². The standard InChI is InChI=1S/C14H23BrF3NO/c1-3-13(4-2,9-15)19-12(20)10-6-5-7-11(8-10)14(16,17)18/h10-11H,3-9H2,1-2H3,(H,19,20). The number of carbonyl (C=O) groups excluding carboxylic acids is 1. The van der Waals surface area contributed by atoms with Gasteiger partial charge in [-0.2, -0.15) is 13.2 Å². The summed E-state index contributed by atoms with van der Waals surface area (Å²) in [4.78, 5) is 12.3. The first-order valence-electron chi connectivity index (χ1n) is 7.22. The summed E-state index contributed by atoms with van der Waals surface area (Å²) in [5, 5.41) is 3.59. The summed E-state index contributed by atoms with van der Waals surface area (Å²) < 4.78 is 38.3. The molecule has 0 spiro atoms. The van der Waals surface area contributed by atoms with Crippen molar-refractivity contribution in [3.8, 4) is 0 Å². The van der Waals surface area contributed by atoms with Crippen LogP contribution in [0.25, 0.3) is 0 Å². The summed E-state index contributed by atoms with van der Waals surface area (Å²) in [6, 6.07) is 0. The van der Waals surface area contributed by atoms with Crippen LogP contribution in [0.5, 0.6) is 0 Å². The minimum atomic E-state index is -4.18. The van der Waals surface area contributed by atoms with Crippen LogP contribution in [0.2, 0.25) is 0 Å². The summed E-state index contributed by atoms with van der Waals surface area (Å²) in [6.45, 7) is 3.95. The number of rotatable bonds is 5. The van der Waals surface area contributed by atoms with Crippen LogP contribution in [0, 0.1) is 11.8 Å². The normalized spacial score (nSPS) is 24.5. The van der Waals surface area contributed by atoms with Gasteiger partial charge in [-0.3, -0.25) is 4.79 Å². The van der Waals surface area contributed by atoms with E-state index in [0.717, 1.165) is 12.8 Å². The summed E-state index contributed by atoms with van der Waals surface area (Å²) in [6.07, 6.45) is -1.54. The zero-order chi connectivity index (χ0) is 15.4. The van der Waals surface area contributed by atoms with Gasteiger partial charge < -0.3 is 5.32 Å². The van der Waals surface area contributed by atoms with Gasteiger partial charge in [0.2, 0.25) is 5.91 Å². The van der Waals surface area contributed by atoms with E-state index in [9.17, 15) is 18.0 Å². The number of amides is 1. The van der Waals surface area contributed by atoms with E-state index in [0.29, 0.717) is 18.2 Å². The van der Waals surface area contributed by atoms with Gasteiger partial charge in [-0.15, -0.1) is 0 Å². The predicted octanol–water partition coefficient (Wildman–Crippen LogP) is 4.43. The highest BCUT2D eigenvalue weighted by Crippen LogP contribution is 2.40. The molecule has 118 valence electrons. The number of nitrogens with one attached hydrogen (secondary N) is 1. The van der Waals surface area contributed by atoms with Crippen LogP contribution in [0.4, 0.5) is 13.2 Å². The summed E-state index contributed by atoms with van der Waals surface area (Å²) in [7, 11) is 0. The molecule has 0 aromatic carbocycles. The lowest BCUT2D eigenvalue weighted by Gasteiger charge is -2.35. The third-order valence-electron chi connectivity index (χ3n) is 4.51. The summed E-state index contributed by atoms with van der Waals surface area (Å²) in [5.41, 5.74) is -0.345. The molecule has 2 unspecified atom stereocenters. The van der Waals surface area contributed by atoms with Crippen LogP contribution < -0.4 is 5.32 Å². The van der Waals surface area contributed by atoms with Crippen molar-refractivity contribution in [2.75, 3.05) is 5.33 Å². The van der Waals surface area contributed by atoms with Gasteiger partial charge in [0.1, 0.15) is 0 Å². The zero-order valence-corrected chi connectivity index (χ0v) is 13.6. The lowest BCUT2D eigenvalue weighted by molar-refractivity contribution is -0.186. The fourth-order valence-electron chi connectivity index (χ4n) is 2.74. The lowest BCUT2D eigenvalue weighted by Crippen LogP contribution is -2.52. The molecule has 1 aliphatic rings. The van der Waals surface area contributed by atoms with E-state index in [1.54, 1.807) is 0 Å². The molecule has 0 saturated heterocycles. The Hall–Kier alpha value is -0.260. The first-order valence-corrected chi connectivity index (χ1v) is 8.35. The Kier molecular flexibility index (Phi) is 6.35. The minimum absolute atomic E-state index is 0.0683. The second-order valence-electron chi connectivity index (χ2n) is 5.71. The van der Waals surface area contributed by atoms with Gasteiger partial charge in [-0.25, -0.2) is 0 Å². The smallest absolute Gasteiger partial charge is 0.350 e. The fraction of sp³-hybridized carbons (Fsp3) is 0.929. The van der Waals surface area contributed by atoms with Crippen molar-refractivity contribution in [3.63, 3.8) is 0 Å². The average molecular weight is 358 g/mol. The fourth-order valence-corrected chi connectivity index (χ4v) is 3.67. The Bertz CT molecular complexity index is 321. The van der Waals surface area contributed by atoms with Crippen molar-refractivity contribution in [2.45, 2.75) is 64.1 Å². The molecular weight excluding hydrogens is 335 g/mol. The Morgan fingerprint density at radius 1 is 1.25 bits per heavy atom. The molecule has 0 radical (unpaired) electrons. The SMILES string of the molecule is CCC(CC)(CBr)NC(=O)C1CCCC(C(F)(F)F)C1. The first-order chi connectivity index (χ1) is 9.28. The highest BCUT2D eigenvalue weighted by Gasteiger charge is 2.44. The van der Waals surface area contributed by atoms with Crippen LogP contribution in [-0.4, -0.2) is 23.0 Å². The molecule has 1 saturated carbocycles. The van der Waals surface area contributed by atoms with Crippen LogP contribution in [0.1, 0.15) is 52.4 Å². The molecule has 6 heteroatoms. The van der Waals surface area contributed by atoms with Gasteiger partial charge in [-0.05, 0) is 32.1 Å². The Labute approximate surface area is 127 Å². The first kappa shape index (κ1) is 17.8. The monoisotopic (exact) mass is 357 g/mol. The maximum atomic E-state index is 12.8. The van der Waals surface area contributed by atoms with Crippen molar-refractivity contribution >= 4 is 21.8 Å². The van der Waals surface area contributed by atoms with E-state index in [1.807, 2.05) is 13.8 Å². The summed E-state index contributed by atoms with van der Waals surface area (Å²) >= 11 is 3.39. The van der Waals surface area contributed by atoms with Crippen LogP contribution in [0.15, 0.2) is 0 Å². The topological polar surface area (TPSA) is 29.1 Å². The van der Waals surface area contributed by atoms with Gasteiger partial charge >= 0.3 is 6.18 Å². The van der Waals surface area contributed by atoms with Crippen LogP contribution in [0.3, 0.4) is 0 Å². The number of hydrogen-bond donors (Lipinski definition) is 1. The second-order valence-corrected chi connectivity index (χ2v) is 6.27. The molecule has 0 bridgehead atoms. The molecule has 1 aliphatic carbocycles. The largest absolute Gasteiger partial charge is 0.391 e. The Morgan fingerprint density at radius 2 is 1.85 bits per heavy atom. The highest BCUT2D eigenvalue weighted by molar-refractivity contribution is 9.09.